The van der Waals surface area contributed by atoms with Gasteiger partial charge < -0.3 is 4.98 Å². The molecule has 1 aromatic carbocycles. The van der Waals surface area contributed by atoms with Crippen molar-refractivity contribution in [3.05, 3.63) is 36.0 Å². The first-order chi connectivity index (χ1) is 6.81. The molecule has 14 heavy (non-hydrogen) atoms. The minimum absolute atomic E-state index is 0.395. The summed E-state index contributed by atoms with van der Waals surface area (Å²) in [6.45, 7) is 0. The Balaban J connectivity index is 2.33. The van der Waals surface area contributed by atoms with Gasteiger partial charge in [0.25, 0.3) is 0 Å². The van der Waals surface area contributed by atoms with Crippen molar-refractivity contribution in [3.63, 3.8) is 0 Å². The molecule has 0 saturated heterocycles. The summed E-state index contributed by atoms with van der Waals surface area (Å²) in [4.78, 5) is 3.14. The molecule has 0 saturated carbocycles. The molecule has 2 rings (SSSR count). The number of H-pyrrole nitrogens is 1. The van der Waals surface area contributed by atoms with E-state index >= 15 is 0 Å². The number of aromatic nitrogens is 1. The molecule has 1 unspecified atom stereocenters. The van der Waals surface area contributed by atoms with Crippen LogP contribution in [-0.4, -0.2) is 16.5 Å². The second-order valence-electron chi connectivity index (χ2n) is 3.32. The maximum absolute atomic E-state index is 13.2. The van der Waals surface area contributed by atoms with Gasteiger partial charge in [0.05, 0.1) is 0 Å². The molecule has 3 heteroatoms. The Hall–Kier alpha value is -0.830. The van der Waals surface area contributed by atoms with E-state index in [-0.39, 0.29) is 0 Å². The lowest BCUT2D eigenvalue weighted by atomic mass is 10.1. The molecule has 74 valence electrons. The second kappa shape index (κ2) is 4.13. The van der Waals surface area contributed by atoms with Gasteiger partial charge >= 0.3 is 0 Å². The number of halogens is 2. The smallest absolute Gasteiger partial charge is 0.114 e. The second-order valence-corrected chi connectivity index (χ2v) is 3.96. The highest BCUT2D eigenvalue weighted by atomic mass is 79.9. The van der Waals surface area contributed by atoms with Gasteiger partial charge in [-0.2, -0.15) is 0 Å². The van der Waals surface area contributed by atoms with Crippen molar-refractivity contribution in [2.24, 2.45) is 0 Å². The van der Waals surface area contributed by atoms with Crippen molar-refractivity contribution < 1.29 is 4.39 Å². The van der Waals surface area contributed by atoms with E-state index in [1.54, 1.807) is 0 Å². The van der Waals surface area contributed by atoms with Crippen molar-refractivity contribution in [3.8, 4) is 0 Å². The molecule has 0 aliphatic carbocycles. The molecule has 2 aromatic rings. The zero-order chi connectivity index (χ0) is 9.97. The van der Waals surface area contributed by atoms with E-state index in [9.17, 15) is 4.39 Å². The van der Waals surface area contributed by atoms with Crippen LogP contribution in [0.3, 0.4) is 0 Å². The fourth-order valence-electron chi connectivity index (χ4n) is 1.59. The van der Waals surface area contributed by atoms with Gasteiger partial charge in [-0.25, -0.2) is 4.39 Å². The van der Waals surface area contributed by atoms with E-state index in [4.69, 9.17) is 0 Å². The number of fused-ring (bicyclic) bond motifs is 1. The zero-order valence-electron chi connectivity index (χ0n) is 7.63. The predicted octanol–water partition coefficient (Wildman–Crippen LogP) is 3.44. The summed E-state index contributed by atoms with van der Waals surface area (Å²) >= 11 is 3.14. The van der Waals surface area contributed by atoms with Crippen molar-refractivity contribution in [2.45, 2.75) is 12.6 Å². The fourth-order valence-corrected chi connectivity index (χ4v) is 1.82. The van der Waals surface area contributed by atoms with E-state index in [2.05, 4.69) is 20.9 Å². The molecule has 0 aliphatic heterocycles. The number of benzene rings is 1. The third-order valence-electron chi connectivity index (χ3n) is 2.28. The Morgan fingerprint density at radius 2 is 2.14 bits per heavy atom. The molecule has 0 aliphatic rings. The monoisotopic (exact) mass is 255 g/mol. The number of rotatable bonds is 3. The summed E-state index contributed by atoms with van der Waals surface area (Å²) in [5.41, 5.74) is 2.12. The molecular formula is C11H11BrFN. The average Bonchev–Trinajstić information content (AvgIpc) is 2.62. The van der Waals surface area contributed by atoms with Crippen molar-refractivity contribution in [2.75, 3.05) is 5.33 Å². The topological polar surface area (TPSA) is 15.8 Å². The van der Waals surface area contributed by atoms with E-state index < -0.39 is 6.17 Å². The number of nitrogens with one attached hydrogen (secondary N) is 1. The fraction of sp³-hybridized carbons (Fsp3) is 0.273. The minimum atomic E-state index is -0.811. The van der Waals surface area contributed by atoms with Crippen LogP contribution in [0.25, 0.3) is 10.9 Å². The Labute approximate surface area is 90.5 Å². The Morgan fingerprint density at radius 3 is 2.93 bits per heavy atom. The van der Waals surface area contributed by atoms with Gasteiger partial charge in [0.15, 0.2) is 0 Å². The normalized spacial score (nSPS) is 13.3. The number of hydrogen-bond acceptors (Lipinski definition) is 0. The summed E-state index contributed by atoms with van der Waals surface area (Å²) in [6.07, 6.45) is 1.55. The Bertz CT molecular complexity index is 424. The first-order valence-electron chi connectivity index (χ1n) is 4.56. The lowest BCUT2D eigenvalue weighted by molar-refractivity contribution is 0.369. The van der Waals surface area contributed by atoms with Gasteiger partial charge in [-0.3, -0.25) is 0 Å². The third kappa shape index (κ3) is 1.82. The Morgan fingerprint density at radius 1 is 1.36 bits per heavy atom. The molecule has 1 aromatic heterocycles. The van der Waals surface area contributed by atoms with Gasteiger partial charge in [-0.15, -0.1) is 0 Å². The van der Waals surface area contributed by atoms with Crippen molar-refractivity contribution in [1.29, 1.82) is 0 Å². The van der Waals surface area contributed by atoms with E-state index in [1.165, 1.54) is 0 Å². The van der Waals surface area contributed by atoms with Crippen LogP contribution in [-0.2, 0) is 6.42 Å². The van der Waals surface area contributed by atoms with Crippen LogP contribution in [0.1, 0.15) is 5.56 Å². The lowest BCUT2D eigenvalue weighted by Gasteiger charge is -2.02. The number of aromatic amines is 1. The summed E-state index contributed by atoms with van der Waals surface area (Å²) in [5, 5.41) is 1.52. The predicted molar refractivity (Wildman–Crippen MR) is 60.7 cm³/mol. The number of alkyl halides is 2. The van der Waals surface area contributed by atoms with Crippen LogP contribution in [0, 0.1) is 0 Å². The minimum Gasteiger partial charge on any atom is -0.361 e. The molecule has 1 nitrogen and oxygen atoms in total. The average molecular weight is 256 g/mol. The maximum Gasteiger partial charge on any atom is 0.114 e. The van der Waals surface area contributed by atoms with Crippen LogP contribution in [0.2, 0.25) is 0 Å². The van der Waals surface area contributed by atoms with Crippen LogP contribution < -0.4 is 0 Å². The summed E-state index contributed by atoms with van der Waals surface area (Å²) in [7, 11) is 0. The standard InChI is InChI=1S/C11H11BrFN/c12-6-9(13)5-8-7-14-11-4-2-1-3-10(8)11/h1-4,7,9,14H,5-6H2. The van der Waals surface area contributed by atoms with Gasteiger partial charge in [-0.1, -0.05) is 34.1 Å². The molecule has 1 atom stereocenters. The molecule has 0 radical (unpaired) electrons. The molecule has 0 amide bonds. The van der Waals surface area contributed by atoms with Crippen LogP contribution in [0.4, 0.5) is 4.39 Å². The number of hydrogen-bond donors (Lipinski definition) is 1. The molecule has 0 spiro atoms. The van der Waals surface area contributed by atoms with Crippen molar-refractivity contribution >= 4 is 26.8 Å². The zero-order valence-corrected chi connectivity index (χ0v) is 9.22. The van der Waals surface area contributed by atoms with E-state index in [0.717, 1.165) is 16.5 Å². The van der Waals surface area contributed by atoms with Gasteiger partial charge in [-0.05, 0) is 11.6 Å². The maximum atomic E-state index is 13.2. The van der Waals surface area contributed by atoms with Gasteiger partial charge in [0.1, 0.15) is 6.17 Å². The van der Waals surface area contributed by atoms with Gasteiger partial charge in [0.2, 0.25) is 0 Å². The molecule has 1 heterocycles. The van der Waals surface area contributed by atoms with Crippen LogP contribution in [0.15, 0.2) is 30.5 Å². The highest BCUT2D eigenvalue weighted by molar-refractivity contribution is 9.09. The Kier molecular flexibility index (Phi) is 2.87. The lowest BCUT2D eigenvalue weighted by Crippen LogP contribution is -2.04. The highest BCUT2D eigenvalue weighted by Crippen LogP contribution is 2.20. The quantitative estimate of drug-likeness (QED) is 0.809. The van der Waals surface area contributed by atoms with E-state index in [1.807, 2.05) is 30.5 Å². The molecule has 0 fully saturated rings. The molecule has 1 N–H and O–H groups in total. The first kappa shape index (κ1) is 9.71. The summed E-state index contributed by atoms with van der Waals surface area (Å²) in [6, 6.07) is 7.96. The largest absolute Gasteiger partial charge is 0.361 e. The van der Waals surface area contributed by atoms with E-state index in [0.29, 0.717) is 11.8 Å². The van der Waals surface area contributed by atoms with Gasteiger partial charge in [0, 0.05) is 28.9 Å². The van der Waals surface area contributed by atoms with Crippen LogP contribution in [0.5, 0.6) is 0 Å². The van der Waals surface area contributed by atoms with Crippen molar-refractivity contribution in [1.82, 2.24) is 4.98 Å². The van der Waals surface area contributed by atoms with Crippen LogP contribution >= 0.6 is 15.9 Å². The molecule has 0 bridgehead atoms. The SMILES string of the molecule is FC(CBr)Cc1c[nH]c2ccccc12. The summed E-state index contributed by atoms with van der Waals surface area (Å²) < 4.78 is 13.2. The molecular weight excluding hydrogens is 245 g/mol. The first-order valence-corrected chi connectivity index (χ1v) is 5.68. The highest BCUT2D eigenvalue weighted by Gasteiger charge is 2.09. The third-order valence-corrected chi connectivity index (χ3v) is 2.99. The number of para-hydroxylation sites is 1. The summed E-state index contributed by atoms with van der Waals surface area (Å²) in [5.74, 6) is 0.